The van der Waals surface area contributed by atoms with Gasteiger partial charge in [0.2, 0.25) is 0 Å². The number of carbonyl (C=O) groups excluding carboxylic acids is 1. The molecule has 0 aliphatic heterocycles. The second-order valence-electron chi connectivity index (χ2n) is 8.18. The number of hydrogen-bond donors (Lipinski definition) is 1. The minimum Gasteiger partial charge on any atom is -0.330 e. The van der Waals surface area contributed by atoms with E-state index in [9.17, 15) is 18.0 Å². The Bertz CT molecular complexity index is 1600. The number of fused-ring (bicyclic) bond motifs is 4. The van der Waals surface area contributed by atoms with E-state index in [1.54, 1.807) is 40.7 Å². The van der Waals surface area contributed by atoms with Gasteiger partial charge in [0.25, 0.3) is 5.91 Å². The van der Waals surface area contributed by atoms with E-state index in [0.717, 1.165) is 39.1 Å². The van der Waals surface area contributed by atoms with Crippen molar-refractivity contribution in [3.05, 3.63) is 65.2 Å². The number of nitrogens with two attached hydrogens (primary N) is 1. The average molecular weight is 467 g/mol. The first-order chi connectivity index (χ1) is 16.0. The van der Waals surface area contributed by atoms with E-state index in [1.165, 1.54) is 6.07 Å². The zero-order valence-electron chi connectivity index (χ0n) is 18.6. The summed E-state index contributed by atoms with van der Waals surface area (Å²) < 4.78 is 42.5. The molecule has 174 valence electrons. The topological polar surface area (TPSA) is 94.9 Å². The van der Waals surface area contributed by atoms with Crippen LogP contribution in [0.2, 0.25) is 0 Å². The van der Waals surface area contributed by atoms with Crippen LogP contribution in [-0.2, 0) is 26.8 Å². The number of rotatable bonds is 3. The zero-order chi connectivity index (χ0) is 24.4. The second-order valence-corrected chi connectivity index (χ2v) is 8.18. The smallest absolute Gasteiger partial charge is 0.330 e. The molecule has 0 bridgehead atoms. The molecule has 8 nitrogen and oxygen atoms in total. The molecule has 1 amide bonds. The molecule has 34 heavy (non-hydrogen) atoms. The molecule has 3 aromatic heterocycles. The van der Waals surface area contributed by atoms with Gasteiger partial charge in [-0.1, -0.05) is 0 Å². The minimum absolute atomic E-state index is 0.0866. The molecule has 2 aromatic carbocycles. The number of hydrogen-bond acceptors (Lipinski definition) is 5. The third kappa shape index (κ3) is 3.45. The van der Waals surface area contributed by atoms with Gasteiger partial charge < -0.3 is 4.57 Å². The van der Waals surface area contributed by atoms with Crippen molar-refractivity contribution in [2.75, 3.05) is 0 Å². The maximum atomic E-state index is 13.1. The molecule has 3 heterocycles. The third-order valence-electron chi connectivity index (χ3n) is 5.97. The molecule has 2 N–H and O–H groups in total. The van der Waals surface area contributed by atoms with Gasteiger partial charge in [-0.2, -0.15) is 18.3 Å². The molecule has 0 atom stereocenters. The van der Waals surface area contributed by atoms with Gasteiger partial charge in [-0.3, -0.25) is 19.5 Å². The summed E-state index contributed by atoms with van der Waals surface area (Å²) in [6.07, 6.45) is -2.71. The van der Waals surface area contributed by atoms with Crippen molar-refractivity contribution in [3.63, 3.8) is 0 Å². The van der Waals surface area contributed by atoms with Crippen LogP contribution in [0.4, 0.5) is 13.2 Å². The van der Waals surface area contributed by atoms with Crippen molar-refractivity contribution in [1.29, 1.82) is 0 Å². The molecular formula is C23H20F3N7O. The number of carbonyl (C=O) groups is 1. The van der Waals surface area contributed by atoms with E-state index in [0.29, 0.717) is 22.4 Å². The highest BCUT2D eigenvalue weighted by molar-refractivity contribution is 6.07. The van der Waals surface area contributed by atoms with Crippen molar-refractivity contribution >= 4 is 38.7 Å². The van der Waals surface area contributed by atoms with Gasteiger partial charge >= 0.3 is 6.18 Å². The normalized spacial score (nSPS) is 12.2. The highest BCUT2D eigenvalue weighted by Crippen LogP contribution is 2.31. The number of halogens is 3. The highest BCUT2D eigenvalue weighted by atomic mass is 19.4. The number of benzene rings is 2. The maximum Gasteiger partial charge on any atom is 0.416 e. The van der Waals surface area contributed by atoms with E-state index < -0.39 is 17.6 Å². The average Bonchev–Trinajstić information content (AvgIpc) is 3.27. The number of hydrazine groups is 1. The van der Waals surface area contributed by atoms with Crippen molar-refractivity contribution in [3.8, 4) is 0 Å². The lowest BCUT2D eigenvalue weighted by atomic mass is 10.1. The highest BCUT2D eigenvalue weighted by Gasteiger charge is 2.31. The molecule has 0 saturated carbocycles. The number of aromatic nitrogens is 5. The van der Waals surface area contributed by atoms with Gasteiger partial charge in [0.1, 0.15) is 5.82 Å². The van der Waals surface area contributed by atoms with Crippen LogP contribution in [0.25, 0.3) is 32.8 Å². The summed E-state index contributed by atoms with van der Waals surface area (Å²) in [6.45, 7) is 1.80. The Morgan fingerprint density at radius 3 is 2.59 bits per heavy atom. The summed E-state index contributed by atoms with van der Waals surface area (Å²) in [6, 6.07) is 8.44. The number of aryl methyl sites for hydroxylation is 3. The molecule has 5 aromatic rings. The van der Waals surface area contributed by atoms with E-state index in [4.69, 9.17) is 5.84 Å². The van der Waals surface area contributed by atoms with Crippen LogP contribution in [-0.4, -0.2) is 35.2 Å². The molecule has 0 fully saturated rings. The number of amides is 1. The Hall–Kier alpha value is -3.99. The van der Waals surface area contributed by atoms with Gasteiger partial charge in [-0.05, 0) is 43.3 Å². The van der Waals surface area contributed by atoms with Crippen LogP contribution in [0.1, 0.15) is 27.4 Å². The largest absolute Gasteiger partial charge is 0.416 e. The predicted octanol–water partition coefficient (Wildman–Crippen LogP) is 3.85. The first-order valence-corrected chi connectivity index (χ1v) is 10.4. The summed E-state index contributed by atoms with van der Waals surface area (Å²) in [5, 5.41) is 7.08. The second kappa shape index (κ2) is 7.52. The van der Waals surface area contributed by atoms with Gasteiger partial charge in [-0.25, -0.2) is 10.8 Å². The van der Waals surface area contributed by atoms with Gasteiger partial charge in [0.05, 0.1) is 39.9 Å². The van der Waals surface area contributed by atoms with Crippen LogP contribution >= 0.6 is 0 Å². The summed E-state index contributed by atoms with van der Waals surface area (Å²) in [4.78, 5) is 21.8. The van der Waals surface area contributed by atoms with Crippen LogP contribution in [0.5, 0.6) is 0 Å². The van der Waals surface area contributed by atoms with Crippen molar-refractivity contribution in [1.82, 2.24) is 29.3 Å². The van der Waals surface area contributed by atoms with Gasteiger partial charge in [0.15, 0.2) is 0 Å². The lowest BCUT2D eigenvalue weighted by Gasteiger charge is -2.17. The molecule has 11 heteroatoms. The summed E-state index contributed by atoms with van der Waals surface area (Å²) >= 11 is 0. The third-order valence-corrected chi connectivity index (χ3v) is 5.97. The summed E-state index contributed by atoms with van der Waals surface area (Å²) in [5.41, 5.74) is 2.66. The predicted molar refractivity (Wildman–Crippen MR) is 121 cm³/mol. The first kappa shape index (κ1) is 21.8. The van der Waals surface area contributed by atoms with Crippen LogP contribution in [0.3, 0.4) is 0 Å². The molecule has 0 aliphatic carbocycles. The Morgan fingerprint density at radius 2 is 1.85 bits per heavy atom. The maximum absolute atomic E-state index is 13.1. The van der Waals surface area contributed by atoms with Crippen LogP contribution in [0.15, 0.2) is 42.6 Å². The number of alkyl halides is 3. The molecule has 0 radical (unpaired) electrons. The molecule has 0 aliphatic rings. The van der Waals surface area contributed by atoms with Crippen LogP contribution < -0.4 is 5.84 Å². The van der Waals surface area contributed by atoms with Crippen LogP contribution in [0, 0.1) is 6.92 Å². The Morgan fingerprint density at radius 1 is 1.09 bits per heavy atom. The molecule has 0 unspecified atom stereocenters. The number of nitrogens with zero attached hydrogens (tertiary/aromatic N) is 6. The lowest BCUT2D eigenvalue weighted by molar-refractivity contribution is -0.137. The molecular weight excluding hydrogens is 447 g/mol. The number of imidazole rings is 1. The SMILES string of the molecule is Cc1nn(C)c2c1cnc1ccc(C(=O)N(N)Cc3nc4cc(C(F)(F)F)ccc4n3C)cc12. The Kier molecular flexibility index (Phi) is 4.83. The fourth-order valence-electron chi connectivity index (χ4n) is 4.21. The minimum atomic E-state index is -4.47. The number of pyridine rings is 1. The lowest BCUT2D eigenvalue weighted by Crippen LogP contribution is -2.37. The Balaban J connectivity index is 1.48. The Labute approximate surface area is 191 Å². The fourth-order valence-corrected chi connectivity index (χ4v) is 4.21. The molecule has 5 rings (SSSR count). The van der Waals surface area contributed by atoms with Gasteiger partial charge in [0, 0.05) is 36.6 Å². The van der Waals surface area contributed by atoms with Gasteiger partial charge in [-0.15, -0.1) is 0 Å². The fraction of sp³-hybridized carbons (Fsp3) is 0.217. The van der Waals surface area contributed by atoms with Crippen molar-refractivity contribution in [2.24, 2.45) is 19.9 Å². The summed E-state index contributed by atoms with van der Waals surface area (Å²) in [7, 11) is 3.49. The monoisotopic (exact) mass is 467 g/mol. The zero-order valence-corrected chi connectivity index (χ0v) is 18.6. The summed E-state index contributed by atoms with van der Waals surface area (Å²) in [5.74, 6) is 5.98. The van der Waals surface area contributed by atoms with E-state index >= 15 is 0 Å². The molecule has 0 saturated heterocycles. The standard InChI is InChI=1S/C23H20F3N7O/c1-12-16-10-28-17-6-4-13(8-15(17)21(16)32(3)30-12)22(34)33(27)11-20-29-18-9-14(23(24,25)26)5-7-19(18)31(20)2/h4-10H,11,27H2,1-3H3. The van der Waals surface area contributed by atoms with Crippen molar-refractivity contribution < 1.29 is 18.0 Å². The van der Waals surface area contributed by atoms with E-state index in [1.807, 2.05) is 14.0 Å². The first-order valence-electron chi connectivity index (χ1n) is 10.4. The van der Waals surface area contributed by atoms with Crippen molar-refractivity contribution in [2.45, 2.75) is 19.6 Å². The van der Waals surface area contributed by atoms with E-state index in [-0.39, 0.29) is 12.1 Å². The van der Waals surface area contributed by atoms with E-state index in [2.05, 4.69) is 15.1 Å². The quantitative estimate of drug-likeness (QED) is 0.247. The molecule has 0 spiro atoms.